The number of hydrogen-bond donors (Lipinski definition) is 0. The quantitative estimate of drug-likeness (QED) is 0.383. The lowest BCUT2D eigenvalue weighted by Gasteiger charge is -2.17. The second-order valence-electron chi connectivity index (χ2n) is 4.61. The maximum atomic E-state index is 2.29. The van der Waals surface area contributed by atoms with Gasteiger partial charge in [-0.15, -0.1) is 0 Å². The molecule has 0 bridgehead atoms. The largest absolute Gasteiger partial charge is 0.241 e. The monoisotopic (exact) mass is 228 g/mol. The molecule has 14 heavy (non-hydrogen) atoms. The summed E-state index contributed by atoms with van der Waals surface area (Å²) >= 11 is 0. The highest BCUT2D eigenvalue weighted by Crippen LogP contribution is 2.51. The first kappa shape index (κ1) is 11.9. The minimum absolute atomic E-state index is 0.283. The Labute approximate surface area is 94.8 Å². The lowest BCUT2D eigenvalue weighted by molar-refractivity contribution is -0.458. The molecule has 0 aromatic heterocycles. The van der Waals surface area contributed by atoms with Gasteiger partial charge < -0.3 is 0 Å². The molecule has 0 aromatic carbocycles. The van der Waals surface area contributed by atoms with E-state index < -0.39 is 0 Å². The fraction of sp³-hybridized carbons (Fsp3) is 0.545. The smallest absolute Gasteiger partial charge is 0.164 e. The van der Waals surface area contributed by atoms with E-state index >= 15 is 0 Å². The van der Waals surface area contributed by atoms with E-state index in [4.69, 9.17) is 0 Å². The molecule has 0 amide bonds. The molecule has 1 aliphatic rings. The third-order valence-electron chi connectivity index (χ3n) is 1.78. The molecule has 1 aliphatic heterocycles. The Morgan fingerprint density at radius 3 is 2.29 bits per heavy atom. The predicted octanol–water partition coefficient (Wildman–Crippen LogP) is 3.54. The summed E-state index contributed by atoms with van der Waals surface area (Å²) in [5, 5.41) is 0. The first-order valence-electron chi connectivity index (χ1n) is 4.68. The standard InChI is InChI=1S/C11H18NS2/c1-11(2,3)10-8-9(13-14-10)6-7-12(4)5/h6-8H,1-5H3/q+1/b9-6-. The first-order valence-corrected chi connectivity index (χ1v) is 6.83. The average molecular weight is 228 g/mol. The molecule has 1 heterocycles. The van der Waals surface area contributed by atoms with Crippen molar-refractivity contribution in [1.29, 1.82) is 0 Å². The highest BCUT2D eigenvalue weighted by Gasteiger charge is 2.22. The van der Waals surface area contributed by atoms with Crippen molar-refractivity contribution in [3.8, 4) is 0 Å². The minimum Gasteiger partial charge on any atom is -0.241 e. The molecule has 0 saturated carbocycles. The summed E-state index contributed by atoms with van der Waals surface area (Å²) in [6, 6.07) is 0. The minimum atomic E-state index is 0.283. The molecular weight excluding hydrogens is 210 g/mol. The van der Waals surface area contributed by atoms with Gasteiger partial charge in [0.1, 0.15) is 14.1 Å². The third kappa shape index (κ3) is 3.54. The number of nitrogens with zero attached hydrogens (tertiary/aromatic N) is 1. The van der Waals surface area contributed by atoms with E-state index in [1.165, 1.54) is 9.81 Å². The van der Waals surface area contributed by atoms with Gasteiger partial charge in [0.15, 0.2) is 6.21 Å². The van der Waals surface area contributed by atoms with E-state index in [1.807, 2.05) is 35.7 Å². The van der Waals surface area contributed by atoms with Crippen molar-refractivity contribution < 1.29 is 4.58 Å². The Morgan fingerprint density at radius 1 is 1.21 bits per heavy atom. The number of allylic oxidation sites excluding steroid dienone is 3. The molecule has 0 saturated heterocycles. The topological polar surface area (TPSA) is 3.01 Å². The van der Waals surface area contributed by atoms with Gasteiger partial charge in [0.05, 0.1) is 0 Å². The molecular formula is C11H18NS2+. The van der Waals surface area contributed by atoms with E-state index in [1.54, 1.807) is 0 Å². The molecule has 0 aliphatic carbocycles. The lowest BCUT2D eigenvalue weighted by Crippen LogP contribution is -2.04. The fourth-order valence-corrected chi connectivity index (χ4v) is 3.64. The molecule has 0 radical (unpaired) electrons. The average Bonchev–Trinajstić information content (AvgIpc) is 2.47. The molecule has 1 rings (SSSR count). The summed E-state index contributed by atoms with van der Waals surface area (Å²) < 4.78 is 2.06. The second-order valence-corrected chi connectivity index (χ2v) is 6.85. The fourth-order valence-electron chi connectivity index (χ4n) is 0.910. The third-order valence-corrected chi connectivity index (χ3v) is 4.58. The summed E-state index contributed by atoms with van der Waals surface area (Å²) in [5.74, 6) is 0. The summed E-state index contributed by atoms with van der Waals surface area (Å²) in [5.41, 5.74) is 0.283. The maximum absolute atomic E-state index is 2.29. The van der Waals surface area contributed by atoms with Crippen molar-refractivity contribution in [2.45, 2.75) is 20.8 Å². The molecule has 0 aromatic rings. The molecule has 0 spiro atoms. The van der Waals surface area contributed by atoms with Gasteiger partial charge >= 0.3 is 0 Å². The summed E-state index contributed by atoms with van der Waals surface area (Å²) in [6.07, 6.45) is 6.54. The van der Waals surface area contributed by atoms with Crippen LogP contribution in [0.4, 0.5) is 0 Å². The Kier molecular flexibility index (Phi) is 3.90. The second kappa shape index (κ2) is 4.58. The zero-order valence-corrected chi connectivity index (χ0v) is 11.1. The van der Waals surface area contributed by atoms with Crippen molar-refractivity contribution in [3.05, 3.63) is 22.0 Å². The molecule has 0 unspecified atom stereocenters. The van der Waals surface area contributed by atoms with Gasteiger partial charge in [-0.25, -0.2) is 4.58 Å². The summed E-state index contributed by atoms with van der Waals surface area (Å²) in [4.78, 5) is 2.80. The highest BCUT2D eigenvalue weighted by atomic mass is 33.1. The highest BCUT2D eigenvalue weighted by molar-refractivity contribution is 8.80. The van der Waals surface area contributed by atoms with Gasteiger partial charge in [-0.2, -0.15) is 0 Å². The van der Waals surface area contributed by atoms with E-state index in [2.05, 4.69) is 43.7 Å². The number of hydrogen-bond acceptors (Lipinski definition) is 2. The van der Waals surface area contributed by atoms with Crippen LogP contribution in [0.15, 0.2) is 22.0 Å². The van der Waals surface area contributed by atoms with Crippen LogP contribution in [0.5, 0.6) is 0 Å². The Morgan fingerprint density at radius 2 is 1.86 bits per heavy atom. The van der Waals surface area contributed by atoms with Crippen LogP contribution in [-0.2, 0) is 0 Å². The van der Waals surface area contributed by atoms with Crippen molar-refractivity contribution in [2.24, 2.45) is 5.41 Å². The van der Waals surface area contributed by atoms with Crippen LogP contribution in [0.2, 0.25) is 0 Å². The Balaban J connectivity index is 2.77. The zero-order valence-electron chi connectivity index (χ0n) is 9.50. The first-order chi connectivity index (χ1) is 6.39. The van der Waals surface area contributed by atoms with Crippen LogP contribution in [0.3, 0.4) is 0 Å². The van der Waals surface area contributed by atoms with E-state index in [0.717, 1.165) is 0 Å². The van der Waals surface area contributed by atoms with Crippen LogP contribution in [0, 0.1) is 5.41 Å². The van der Waals surface area contributed by atoms with Crippen molar-refractivity contribution >= 4 is 27.8 Å². The van der Waals surface area contributed by atoms with Crippen LogP contribution >= 0.6 is 21.6 Å². The van der Waals surface area contributed by atoms with Crippen LogP contribution < -0.4 is 0 Å². The molecule has 0 N–H and O–H groups in total. The zero-order chi connectivity index (χ0) is 10.8. The Bertz CT molecular complexity index is 302. The molecule has 0 atom stereocenters. The van der Waals surface area contributed by atoms with Gasteiger partial charge in [-0.05, 0) is 11.5 Å². The van der Waals surface area contributed by atoms with E-state index in [9.17, 15) is 0 Å². The van der Waals surface area contributed by atoms with Crippen molar-refractivity contribution in [1.82, 2.24) is 0 Å². The molecule has 1 nitrogen and oxygen atoms in total. The number of rotatable bonds is 1. The van der Waals surface area contributed by atoms with E-state index in [-0.39, 0.29) is 5.41 Å². The van der Waals surface area contributed by atoms with Crippen molar-refractivity contribution in [2.75, 3.05) is 14.1 Å². The molecule has 0 fully saturated rings. The normalized spacial score (nSPS) is 19.8. The molecule has 78 valence electrons. The molecule has 3 heteroatoms. The maximum Gasteiger partial charge on any atom is 0.164 e. The van der Waals surface area contributed by atoms with Gasteiger partial charge in [0, 0.05) is 15.9 Å². The van der Waals surface area contributed by atoms with Gasteiger partial charge in [0.25, 0.3) is 0 Å². The lowest BCUT2D eigenvalue weighted by atomic mass is 9.96. The van der Waals surface area contributed by atoms with Gasteiger partial charge in [0.2, 0.25) is 0 Å². The van der Waals surface area contributed by atoms with Crippen LogP contribution in [-0.4, -0.2) is 24.9 Å². The summed E-state index contributed by atoms with van der Waals surface area (Å²) in [7, 11) is 7.81. The SMILES string of the molecule is C[N+](C)=C/C=C1/C=C(C(C)(C)C)SS1. The predicted molar refractivity (Wildman–Crippen MR) is 69.0 cm³/mol. The van der Waals surface area contributed by atoms with Crippen molar-refractivity contribution in [3.63, 3.8) is 0 Å². The Hall–Kier alpha value is -0.150. The van der Waals surface area contributed by atoms with Crippen LogP contribution in [0.25, 0.3) is 0 Å². The summed E-state index contributed by atoms with van der Waals surface area (Å²) in [6.45, 7) is 6.76. The van der Waals surface area contributed by atoms with Gasteiger partial charge in [-0.3, -0.25) is 0 Å². The van der Waals surface area contributed by atoms with Gasteiger partial charge in [-0.1, -0.05) is 42.4 Å². The van der Waals surface area contributed by atoms with Crippen LogP contribution in [0.1, 0.15) is 20.8 Å². The van der Waals surface area contributed by atoms with E-state index in [0.29, 0.717) is 0 Å².